The van der Waals surface area contributed by atoms with E-state index in [-0.39, 0.29) is 11.9 Å². The molecule has 2 saturated heterocycles. The van der Waals surface area contributed by atoms with E-state index in [2.05, 4.69) is 11.7 Å². The second-order valence-electron chi connectivity index (χ2n) is 12.2. The molecule has 43 heavy (non-hydrogen) atoms. The van der Waals surface area contributed by atoms with Crippen LogP contribution < -0.4 is 0 Å². The second-order valence-corrected chi connectivity index (χ2v) is 12.2. The minimum absolute atomic E-state index is 0.0397. The van der Waals surface area contributed by atoms with Crippen molar-refractivity contribution in [1.29, 1.82) is 0 Å². The van der Waals surface area contributed by atoms with Gasteiger partial charge in [-0.2, -0.15) is 0 Å². The summed E-state index contributed by atoms with van der Waals surface area (Å²) in [6.07, 6.45) is 1.06. The van der Waals surface area contributed by atoms with Crippen LogP contribution >= 0.6 is 0 Å². The van der Waals surface area contributed by atoms with Crippen molar-refractivity contribution in [3.63, 3.8) is 0 Å². The Morgan fingerprint density at radius 2 is 1.23 bits per heavy atom. The van der Waals surface area contributed by atoms with Gasteiger partial charge < -0.3 is 54.7 Å². The van der Waals surface area contributed by atoms with E-state index in [1.165, 1.54) is 7.11 Å². The molecule has 2 aliphatic heterocycles. The maximum Gasteiger partial charge on any atom is 0.305 e. The van der Waals surface area contributed by atoms with Crippen LogP contribution in [0, 0.1) is 5.92 Å². The van der Waals surface area contributed by atoms with Crippen LogP contribution in [-0.4, -0.2) is 123 Å². The summed E-state index contributed by atoms with van der Waals surface area (Å²) >= 11 is 0. The van der Waals surface area contributed by atoms with E-state index in [0.717, 1.165) is 89.9 Å². The summed E-state index contributed by atoms with van der Waals surface area (Å²) in [5.41, 5.74) is 0. The highest BCUT2D eigenvalue weighted by molar-refractivity contribution is 5.68. The van der Waals surface area contributed by atoms with Crippen molar-refractivity contribution in [2.24, 2.45) is 5.92 Å². The van der Waals surface area contributed by atoms with E-state index in [0.29, 0.717) is 6.42 Å². The van der Waals surface area contributed by atoms with Gasteiger partial charge in [-0.15, -0.1) is 0 Å². The summed E-state index contributed by atoms with van der Waals surface area (Å²) in [5.74, 6) is -0.201. The third-order valence-corrected chi connectivity index (χ3v) is 8.87. The molecule has 11 atom stereocenters. The van der Waals surface area contributed by atoms with Gasteiger partial charge in [0.2, 0.25) is 0 Å². The molecule has 0 amide bonds. The Balaban J connectivity index is 1.92. The number of methoxy groups -OCH3 is 1. The van der Waals surface area contributed by atoms with Gasteiger partial charge in [0.25, 0.3) is 0 Å². The summed E-state index contributed by atoms with van der Waals surface area (Å²) in [7, 11) is 1.41. The van der Waals surface area contributed by atoms with Crippen LogP contribution in [0.1, 0.15) is 103 Å². The lowest BCUT2D eigenvalue weighted by Crippen LogP contribution is -2.65. The Labute approximate surface area is 256 Å². The molecule has 2 aliphatic rings. The van der Waals surface area contributed by atoms with Gasteiger partial charge in [-0.25, -0.2) is 0 Å². The molecule has 0 saturated carbocycles. The Hall–Kier alpha value is -0.930. The molecule has 0 aromatic rings. The highest BCUT2D eigenvalue weighted by atomic mass is 16.7. The number of carbonyl (C=O) groups is 1. The van der Waals surface area contributed by atoms with Gasteiger partial charge >= 0.3 is 5.97 Å². The fraction of sp³-hybridized carbons (Fsp3) is 0.968. The first kappa shape index (κ1) is 38.3. The number of hydrogen-bond donors (Lipinski definition) is 7. The van der Waals surface area contributed by atoms with E-state index in [1.54, 1.807) is 0 Å². The molecule has 0 spiro atoms. The fourth-order valence-electron chi connectivity index (χ4n) is 6.15. The first-order valence-corrected chi connectivity index (χ1v) is 16.3. The highest BCUT2D eigenvalue weighted by Gasteiger charge is 2.51. The number of hydrogen-bond acceptors (Lipinski definition) is 12. The Kier molecular flexibility index (Phi) is 18.7. The lowest BCUT2D eigenvalue weighted by Gasteiger charge is -2.47. The van der Waals surface area contributed by atoms with Crippen LogP contribution in [0.3, 0.4) is 0 Å². The summed E-state index contributed by atoms with van der Waals surface area (Å²) in [6.45, 7) is 0.979. The lowest BCUT2D eigenvalue weighted by atomic mass is 9.82. The standard InChI is InChI=1S/C31H58O12/c1-3-4-5-12-15-20(16-13-10-8-6-7-9-11-14-17-23(34)40-2)29-26(37)27(38)30(22(19-33)41-29)43-31-28(39)25(36)24(35)21(18-32)42-31/h20-22,24-33,35-39H,3-19H2,1-2H3/t20?,21-,22-,24+,25+,26-,27-,28-,29?,30-,31+/m1/s1. The van der Waals surface area contributed by atoms with Gasteiger partial charge in [-0.05, 0) is 25.2 Å². The van der Waals surface area contributed by atoms with Crippen LogP contribution in [0.15, 0.2) is 0 Å². The topological polar surface area (TPSA) is 196 Å². The zero-order chi connectivity index (χ0) is 31.8. The molecular formula is C31H58O12. The smallest absolute Gasteiger partial charge is 0.305 e. The van der Waals surface area contributed by atoms with Crippen molar-refractivity contribution >= 4 is 5.97 Å². The molecule has 2 fully saturated rings. The number of esters is 1. The molecule has 2 heterocycles. The number of carbonyl (C=O) groups excluding carboxylic acids is 1. The molecule has 0 aliphatic carbocycles. The zero-order valence-corrected chi connectivity index (χ0v) is 26.0. The van der Waals surface area contributed by atoms with Crippen molar-refractivity contribution < 1.29 is 59.5 Å². The molecule has 7 N–H and O–H groups in total. The molecular weight excluding hydrogens is 564 g/mol. The lowest BCUT2D eigenvalue weighted by molar-refractivity contribution is -0.344. The van der Waals surface area contributed by atoms with E-state index >= 15 is 0 Å². The van der Waals surface area contributed by atoms with Crippen molar-refractivity contribution in [2.45, 2.75) is 164 Å². The number of unbranched alkanes of at least 4 members (excludes halogenated alkanes) is 10. The molecule has 0 radical (unpaired) electrons. The van der Waals surface area contributed by atoms with E-state index in [9.17, 15) is 40.5 Å². The van der Waals surface area contributed by atoms with E-state index < -0.39 is 74.4 Å². The highest BCUT2D eigenvalue weighted by Crippen LogP contribution is 2.35. The average Bonchev–Trinajstić information content (AvgIpc) is 3.01. The predicted octanol–water partition coefficient (Wildman–Crippen LogP) is 1.31. The largest absolute Gasteiger partial charge is 0.469 e. The maximum atomic E-state index is 11.2. The third kappa shape index (κ3) is 12.1. The van der Waals surface area contributed by atoms with Crippen molar-refractivity contribution in [2.75, 3.05) is 20.3 Å². The average molecular weight is 623 g/mol. The number of aliphatic hydroxyl groups is 7. The van der Waals surface area contributed by atoms with Crippen molar-refractivity contribution in [3.05, 3.63) is 0 Å². The summed E-state index contributed by atoms with van der Waals surface area (Å²) in [4.78, 5) is 11.2. The van der Waals surface area contributed by atoms with Gasteiger partial charge in [0.1, 0.15) is 48.8 Å². The Morgan fingerprint density at radius 1 is 0.674 bits per heavy atom. The minimum atomic E-state index is -1.69. The second kappa shape index (κ2) is 21.0. The van der Waals surface area contributed by atoms with E-state index in [1.807, 2.05) is 0 Å². The number of rotatable bonds is 21. The zero-order valence-electron chi connectivity index (χ0n) is 26.0. The SMILES string of the molecule is CCCCCCC(CCCCCCCCCCC(=O)OC)C1O[C@H](CO)[C@@H](O[C@@H]2O[C@H](CO)[C@H](O)[C@H](O)[C@H]2O)[C@H](O)[C@H]1O. The van der Waals surface area contributed by atoms with Crippen molar-refractivity contribution in [1.82, 2.24) is 0 Å². The molecule has 2 rings (SSSR count). The molecule has 2 unspecified atom stereocenters. The van der Waals surface area contributed by atoms with Crippen LogP contribution in [0.5, 0.6) is 0 Å². The van der Waals surface area contributed by atoms with Gasteiger partial charge in [-0.3, -0.25) is 4.79 Å². The number of aliphatic hydroxyl groups excluding tert-OH is 7. The van der Waals surface area contributed by atoms with Crippen LogP contribution in [0.4, 0.5) is 0 Å². The number of ether oxygens (including phenoxy) is 4. The molecule has 12 heteroatoms. The predicted molar refractivity (Wildman–Crippen MR) is 157 cm³/mol. The molecule has 254 valence electrons. The fourth-order valence-corrected chi connectivity index (χ4v) is 6.15. The van der Waals surface area contributed by atoms with Gasteiger partial charge in [0, 0.05) is 6.42 Å². The Morgan fingerprint density at radius 3 is 1.79 bits per heavy atom. The molecule has 12 nitrogen and oxygen atoms in total. The summed E-state index contributed by atoms with van der Waals surface area (Å²) < 4.78 is 22.0. The normalized spacial score (nSPS) is 33.8. The maximum absolute atomic E-state index is 11.2. The first-order valence-electron chi connectivity index (χ1n) is 16.3. The van der Waals surface area contributed by atoms with E-state index in [4.69, 9.17) is 14.2 Å². The minimum Gasteiger partial charge on any atom is -0.469 e. The monoisotopic (exact) mass is 622 g/mol. The van der Waals surface area contributed by atoms with Crippen LogP contribution in [0.25, 0.3) is 0 Å². The van der Waals surface area contributed by atoms with Crippen LogP contribution in [0.2, 0.25) is 0 Å². The third-order valence-electron chi connectivity index (χ3n) is 8.87. The van der Waals surface area contributed by atoms with Gasteiger partial charge in [0.15, 0.2) is 6.29 Å². The molecule has 0 aromatic heterocycles. The van der Waals surface area contributed by atoms with Crippen molar-refractivity contribution in [3.8, 4) is 0 Å². The van der Waals surface area contributed by atoms with Gasteiger partial charge in [0.05, 0.1) is 26.4 Å². The van der Waals surface area contributed by atoms with Gasteiger partial charge in [-0.1, -0.05) is 77.6 Å². The first-order chi connectivity index (χ1) is 20.7. The van der Waals surface area contributed by atoms with Crippen LogP contribution in [-0.2, 0) is 23.7 Å². The molecule has 0 bridgehead atoms. The summed E-state index contributed by atoms with van der Waals surface area (Å²) in [5, 5.41) is 72.4. The Bertz CT molecular complexity index is 738. The quantitative estimate of drug-likeness (QED) is 0.0717. The molecule has 0 aromatic carbocycles. The summed E-state index contributed by atoms with van der Waals surface area (Å²) in [6, 6.07) is 0.